The smallest absolute Gasteiger partial charge is 0.407 e. The topological polar surface area (TPSA) is 105 Å². The lowest BCUT2D eigenvalue weighted by Crippen LogP contribution is -2.46. The molecule has 2 aliphatic carbocycles. The van der Waals surface area contributed by atoms with Crippen molar-refractivity contribution in [1.82, 2.24) is 10.6 Å². The summed E-state index contributed by atoms with van der Waals surface area (Å²) in [4.78, 5) is 34.8. The third-order valence-electron chi connectivity index (χ3n) is 6.17. The van der Waals surface area contributed by atoms with E-state index in [-0.39, 0.29) is 36.1 Å². The Labute approximate surface area is 197 Å². The Balaban J connectivity index is 1.15. The second-order valence-corrected chi connectivity index (χ2v) is 9.61. The van der Waals surface area contributed by atoms with Crippen LogP contribution in [0.2, 0.25) is 0 Å². The van der Waals surface area contributed by atoms with Gasteiger partial charge >= 0.3 is 12.1 Å². The fourth-order valence-corrected chi connectivity index (χ4v) is 5.15. The van der Waals surface area contributed by atoms with Gasteiger partial charge in [0.25, 0.3) is 0 Å². The summed E-state index contributed by atoms with van der Waals surface area (Å²) in [5.74, 6) is 0.0209. The minimum Gasteiger partial charge on any atom is -0.481 e. The molecule has 2 aromatic carbocycles. The van der Waals surface area contributed by atoms with Crippen LogP contribution in [0.1, 0.15) is 36.3 Å². The number of hydrogen-bond donors (Lipinski definition) is 3. The minimum atomic E-state index is -0.851. The third kappa shape index (κ3) is 5.87. The number of fused-ring (bicyclic) bond motifs is 3. The van der Waals surface area contributed by atoms with Crippen LogP contribution in [0.25, 0.3) is 11.1 Å². The average Bonchev–Trinajstić information content (AvgIpc) is 3.09. The molecule has 1 fully saturated rings. The van der Waals surface area contributed by atoms with Crippen molar-refractivity contribution in [2.75, 3.05) is 24.7 Å². The maximum Gasteiger partial charge on any atom is 0.407 e. The van der Waals surface area contributed by atoms with Gasteiger partial charge in [-0.15, -0.1) is 11.8 Å². The number of nitrogens with one attached hydrogen (secondary N) is 2. The lowest BCUT2D eigenvalue weighted by atomic mass is 9.78. The monoisotopic (exact) mass is 468 g/mol. The molecule has 0 radical (unpaired) electrons. The summed E-state index contributed by atoms with van der Waals surface area (Å²) in [6.45, 7) is 0.753. The van der Waals surface area contributed by atoms with Gasteiger partial charge in [0.1, 0.15) is 6.61 Å². The molecule has 0 aliphatic heterocycles. The first-order valence-corrected chi connectivity index (χ1v) is 12.3. The van der Waals surface area contributed by atoms with Crippen molar-refractivity contribution in [3.63, 3.8) is 0 Å². The molecule has 2 amide bonds. The Kier molecular flexibility index (Phi) is 7.54. The molecule has 0 aromatic heterocycles. The summed E-state index contributed by atoms with van der Waals surface area (Å²) in [6, 6.07) is 16.5. The highest BCUT2D eigenvalue weighted by Crippen LogP contribution is 2.44. The van der Waals surface area contributed by atoms with E-state index in [0.717, 1.165) is 12.8 Å². The van der Waals surface area contributed by atoms with Gasteiger partial charge in [0.2, 0.25) is 5.91 Å². The van der Waals surface area contributed by atoms with E-state index in [1.54, 1.807) is 0 Å². The molecule has 1 saturated carbocycles. The summed E-state index contributed by atoms with van der Waals surface area (Å²) in [5, 5.41) is 14.3. The number of amides is 2. The van der Waals surface area contributed by atoms with Gasteiger partial charge in [-0.1, -0.05) is 48.5 Å². The molecule has 4 rings (SSSR count). The number of carboxylic acid groups (broad SMARTS) is 1. The Morgan fingerprint density at radius 2 is 1.64 bits per heavy atom. The van der Waals surface area contributed by atoms with E-state index in [4.69, 9.17) is 9.84 Å². The number of ether oxygens (including phenoxy) is 1. The second kappa shape index (κ2) is 10.7. The molecular weight excluding hydrogens is 440 g/mol. The van der Waals surface area contributed by atoms with E-state index < -0.39 is 12.1 Å². The van der Waals surface area contributed by atoms with E-state index >= 15 is 0 Å². The van der Waals surface area contributed by atoms with Crippen LogP contribution in [0, 0.1) is 5.92 Å². The Morgan fingerprint density at radius 1 is 1.00 bits per heavy atom. The fraction of sp³-hybridized carbons (Fsp3) is 0.400. The molecular formula is C25H28N2O5S. The highest BCUT2D eigenvalue weighted by Gasteiger charge is 2.33. The molecule has 0 atom stereocenters. The van der Waals surface area contributed by atoms with Crippen LogP contribution in [0.3, 0.4) is 0 Å². The normalized spacial score (nSPS) is 18.5. The number of carbonyl (C=O) groups excluding carboxylic acids is 2. The van der Waals surface area contributed by atoms with Crippen LogP contribution in [-0.2, 0) is 14.3 Å². The first-order valence-electron chi connectivity index (χ1n) is 11.2. The van der Waals surface area contributed by atoms with Crippen molar-refractivity contribution in [3.05, 3.63) is 59.7 Å². The SMILES string of the molecule is O=C(O)CSCCNC(=O)CC1CC(NC(=O)OCC2c3ccccc3-c3ccccc32)C1. The van der Waals surface area contributed by atoms with Gasteiger partial charge in [0.05, 0.1) is 5.75 Å². The Morgan fingerprint density at radius 3 is 2.27 bits per heavy atom. The summed E-state index contributed by atoms with van der Waals surface area (Å²) < 4.78 is 5.58. The third-order valence-corrected chi connectivity index (χ3v) is 7.11. The van der Waals surface area contributed by atoms with E-state index in [0.29, 0.717) is 18.7 Å². The number of alkyl carbamates (subject to hydrolysis) is 1. The number of rotatable bonds is 10. The van der Waals surface area contributed by atoms with Crippen LogP contribution in [0.15, 0.2) is 48.5 Å². The van der Waals surface area contributed by atoms with Gasteiger partial charge < -0.3 is 20.5 Å². The minimum absolute atomic E-state index is 0.0319. The Bertz CT molecular complexity index is 976. The summed E-state index contributed by atoms with van der Waals surface area (Å²) >= 11 is 1.28. The van der Waals surface area contributed by atoms with Gasteiger partial charge in [0.15, 0.2) is 0 Å². The molecule has 33 heavy (non-hydrogen) atoms. The van der Waals surface area contributed by atoms with Crippen molar-refractivity contribution < 1.29 is 24.2 Å². The van der Waals surface area contributed by atoms with Crippen molar-refractivity contribution in [3.8, 4) is 11.1 Å². The molecule has 0 spiro atoms. The highest BCUT2D eigenvalue weighted by atomic mass is 32.2. The van der Waals surface area contributed by atoms with E-state index in [9.17, 15) is 14.4 Å². The molecule has 7 nitrogen and oxygen atoms in total. The maximum absolute atomic E-state index is 12.3. The van der Waals surface area contributed by atoms with Crippen LogP contribution >= 0.6 is 11.8 Å². The fourth-order valence-electron chi connectivity index (χ4n) is 4.58. The van der Waals surface area contributed by atoms with Gasteiger partial charge in [0, 0.05) is 30.7 Å². The number of carboxylic acids is 1. The largest absolute Gasteiger partial charge is 0.481 e. The second-order valence-electron chi connectivity index (χ2n) is 8.50. The predicted molar refractivity (Wildman–Crippen MR) is 127 cm³/mol. The van der Waals surface area contributed by atoms with Crippen molar-refractivity contribution in [2.45, 2.75) is 31.2 Å². The molecule has 2 aliphatic rings. The lowest BCUT2D eigenvalue weighted by Gasteiger charge is -2.35. The van der Waals surface area contributed by atoms with Gasteiger partial charge in [-0.25, -0.2) is 4.79 Å². The summed E-state index contributed by atoms with van der Waals surface area (Å²) in [6.07, 6.45) is 1.52. The van der Waals surface area contributed by atoms with Crippen molar-refractivity contribution >= 4 is 29.7 Å². The molecule has 174 valence electrons. The van der Waals surface area contributed by atoms with E-state index in [2.05, 4.69) is 34.9 Å². The zero-order valence-corrected chi connectivity index (χ0v) is 19.1. The molecule has 0 saturated heterocycles. The van der Waals surface area contributed by atoms with Crippen LogP contribution in [0.4, 0.5) is 4.79 Å². The Hall–Kier alpha value is -3.00. The van der Waals surface area contributed by atoms with Gasteiger partial charge in [-0.05, 0) is 41.0 Å². The predicted octanol–water partition coefficient (Wildman–Crippen LogP) is 3.63. The molecule has 0 unspecified atom stereocenters. The van der Waals surface area contributed by atoms with Crippen molar-refractivity contribution in [2.24, 2.45) is 5.92 Å². The highest BCUT2D eigenvalue weighted by molar-refractivity contribution is 7.99. The number of thioether (sulfide) groups is 1. The zero-order chi connectivity index (χ0) is 23.2. The molecule has 0 bridgehead atoms. The van der Waals surface area contributed by atoms with Gasteiger partial charge in [-0.3, -0.25) is 9.59 Å². The number of carbonyl (C=O) groups is 3. The molecule has 0 heterocycles. The molecule has 8 heteroatoms. The molecule has 3 N–H and O–H groups in total. The zero-order valence-electron chi connectivity index (χ0n) is 18.3. The van der Waals surface area contributed by atoms with Crippen molar-refractivity contribution in [1.29, 1.82) is 0 Å². The first kappa shape index (κ1) is 23.2. The first-order chi connectivity index (χ1) is 16.0. The quantitative estimate of drug-likeness (QED) is 0.460. The summed E-state index contributed by atoms with van der Waals surface area (Å²) in [7, 11) is 0. The van der Waals surface area contributed by atoms with E-state index in [1.165, 1.54) is 34.0 Å². The number of aliphatic carboxylic acids is 1. The van der Waals surface area contributed by atoms with E-state index in [1.807, 2.05) is 24.3 Å². The lowest BCUT2D eigenvalue weighted by molar-refractivity contribution is -0.134. The van der Waals surface area contributed by atoms with Crippen LogP contribution in [0.5, 0.6) is 0 Å². The average molecular weight is 469 g/mol. The standard InChI is InChI=1S/C25H28N2O5S/c28-23(26-9-10-33-15-24(29)30)13-16-11-17(12-16)27-25(31)32-14-22-20-7-3-1-5-18(20)19-6-2-4-8-21(19)22/h1-8,16-17,22H,9-15H2,(H,26,28)(H,27,31)(H,29,30). The number of benzene rings is 2. The van der Waals surface area contributed by atoms with Crippen LogP contribution < -0.4 is 10.6 Å². The summed E-state index contributed by atoms with van der Waals surface area (Å²) in [5.41, 5.74) is 4.76. The van der Waals surface area contributed by atoms with Gasteiger partial charge in [-0.2, -0.15) is 0 Å². The molecule has 2 aromatic rings. The maximum atomic E-state index is 12.3. The number of hydrogen-bond acceptors (Lipinski definition) is 5. The van der Waals surface area contributed by atoms with Crippen LogP contribution in [-0.4, -0.2) is 53.8 Å².